The number of aromatic nitrogens is 2. The van der Waals surface area contributed by atoms with Crippen LogP contribution in [0.3, 0.4) is 0 Å². The van der Waals surface area contributed by atoms with E-state index in [1.165, 1.54) is 6.07 Å². The van der Waals surface area contributed by atoms with Crippen molar-refractivity contribution in [2.24, 2.45) is 0 Å². The zero-order chi connectivity index (χ0) is 15.8. The van der Waals surface area contributed by atoms with Crippen LogP contribution in [0.15, 0.2) is 47.0 Å². The molecule has 0 aliphatic carbocycles. The van der Waals surface area contributed by atoms with Crippen molar-refractivity contribution in [2.75, 3.05) is 11.4 Å². The molecule has 0 bridgehead atoms. The molecule has 23 heavy (non-hydrogen) atoms. The Bertz CT molecular complexity index is 848. The summed E-state index contributed by atoms with van der Waals surface area (Å²) in [7, 11) is 0. The highest BCUT2D eigenvalue weighted by atomic mass is 19.2. The van der Waals surface area contributed by atoms with Gasteiger partial charge in [0, 0.05) is 30.9 Å². The van der Waals surface area contributed by atoms with E-state index in [-0.39, 0.29) is 0 Å². The van der Waals surface area contributed by atoms with Crippen molar-refractivity contribution in [1.82, 2.24) is 9.97 Å². The van der Waals surface area contributed by atoms with E-state index < -0.39 is 11.6 Å². The first-order valence-electron chi connectivity index (χ1n) is 7.31. The Morgan fingerprint density at radius 2 is 2.00 bits per heavy atom. The van der Waals surface area contributed by atoms with E-state index in [1.54, 1.807) is 12.3 Å². The third kappa shape index (κ3) is 2.56. The SMILES string of the molecule is Fc1ccc(N2CCc3oc(-c4ccccn4)nc3C2)cc1F. The number of hydrogen-bond donors (Lipinski definition) is 0. The number of oxazole rings is 1. The highest BCUT2D eigenvalue weighted by Crippen LogP contribution is 2.28. The van der Waals surface area contributed by atoms with Gasteiger partial charge in [0.25, 0.3) is 0 Å². The van der Waals surface area contributed by atoms with E-state index in [2.05, 4.69) is 9.97 Å². The average Bonchev–Trinajstić information content (AvgIpc) is 3.01. The normalized spacial score (nSPS) is 13.9. The molecule has 0 atom stereocenters. The maximum absolute atomic E-state index is 13.4. The molecular formula is C17H13F2N3O. The molecule has 4 rings (SSSR count). The van der Waals surface area contributed by atoms with E-state index in [0.29, 0.717) is 36.8 Å². The van der Waals surface area contributed by atoms with E-state index >= 15 is 0 Å². The van der Waals surface area contributed by atoms with Crippen molar-refractivity contribution in [2.45, 2.75) is 13.0 Å². The van der Waals surface area contributed by atoms with Crippen LogP contribution in [0.25, 0.3) is 11.6 Å². The molecule has 0 amide bonds. The summed E-state index contributed by atoms with van der Waals surface area (Å²) in [6, 6.07) is 9.46. The smallest absolute Gasteiger partial charge is 0.245 e. The first kappa shape index (κ1) is 13.9. The van der Waals surface area contributed by atoms with Gasteiger partial charge in [-0.25, -0.2) is 13.8 Å². The van der Waals surface area contributed by atoms with Crippen LogP contribution in [0.4, 0.5) is 14.5 Å². The fourth-order valence-electron chi connectivity index (χ4n) is 2.70. The summed E-state index contributed by atoms with van der Waals surface area (Å²) in [5.74, 6) is -0.375. The van der Waals surface area contributed by atoms with Crippen LogP contribution in [0.5, 0.6) is 0 Å². The molecule has 0 saturated carbocycles. The molecule has 0 spiro atoms. The van der Waals surface area contributed by atoms with Crippen LogP contribution in [0.2, 0.25) is 0 Å². The molecule has 2 aromatic heterocycles. The van der Waals surface area contributed by atoms with Crippen molar-refractivity contribution < 1.29 is 13.2 Å². The van der Waals surface area contributed by atoms with Gasteiger partial charge in [-0.2, -0.15) is 0 Å². The number of nitrogens with zero attached hydrogens (tertiary/aromatic N) is 3. The summed E-state index contributed by atoms with van der Waals surface area (Å²) in [6.07, 6.45) is 2.35. The molecule has 1 aliphatic rings. The Morgan fingerprint density at radius 1 is 1.09 bits per heavy atom. The van der Waals surface area contributed by atoms with Gasteiger partial charge in [-0.15, -0.1) is 0 Å². The number of fused-ring (bicyclic) bond motifs is 1. The molecule has 3 heterocycles. The Morgan fingerprint density at radius 3 is 2.78 bits per heavy atom. The minimum atomic E-state index is -0.845. The molecule has 116 valence electrons. The predicted molar refractivity (Wildman–Crippen MR) is 80.8 cm³/mol. The lowest BCUT2D eigenvalue weighted by atomic mass is 10.1. The van der Waals surface area contributed by atoms with Crippen molar-refractivity contribution in [3.8, 4) is 11.6 Å². The molecule has 0 saturated heterocycles. The maximum Gasteiger partial charge on any atom is 0.245 e. The molecule has 0 unspecified atom stereocenters. The third-order valence-electron chi connectivity index (χ3n) is 3.88. The quantitative estimate of drug-likeness (QED) is 0.725. The number of hydrogen-bond acceptors (Lipinski definition) is 4. The molecule has 0 radical (unpaired) electrons. The second-order valence-corrected chi connectivity index (χ2v) is 5.37. The zero-order valence-electron chi connectivity index (χ0n) is 12.2. The van der Waals surface area contributed by atoms with E-state index in [9.17, 15) is 8.78 Å². The number of halogens is 2. The Kier molecular flexibility index (Phi) is 3.29. The lowest BCUT2D eigenvalue weighted by Gasteiger charge is -2.27. The number of anilines is 1. The highest BCUT2D eigenvalue weighted by Gasteiger charge is 2.23. The molecular weight excluding hydrogens is 300 g/mol. The highest BCUT2D eigenvalue weighted by molar-refractivity contribution is 5.51. The lowest BCUT2D eigenvalue weighted by Crippen LogP contribution is -2.30. The minimum absolute atomic E-state index is 0.489. The summed E-state index contributed by atoms with van der Waals surface area (Å²) in [4.78, 5) is 10.7. The van der Waals surface area contributed by atoms with Crippen LogP contribution in [0, 0.1) is 11.6 Å². The number of rotatable bonds is 2. The van der Waals surface area contributed by atoms with Crippen LogP contribution >= 0.6 is 0 Å². The van der Waals surface area contributed by atoms with Gasteiger partial charge in [0.05, 0.1) is 6.54 Å². The Hall–Kier alpha value is -2.76. The summed E-state index contributed by atoms with van der Waals surface area (Å²) in [5.41, 5.74) is 2.12. The first-order valence-corrected chi connectivity index (χ1v) is 7.31. The molecule has 4 nitrogen and oxygen atoms in total. The average molecular weight is 313 g/mol. The zero-order valence-corrected chi connectivity index (χ0v) is 12.2. The fourth-order valence-corrected chi connectivity index (χ4v) is 2.70. The largest absolute Gasteiger partial charge is 0.439 e. The van der Waals surface area contributed by atoms with E-state index in [4.69, 9.17) is 4.42 Å². The lowest BCUT2D eigenvalue weighted by molar-refractivity contribution is 0.495. The Balaban J connectivity index is 1.62. The Labute approximate surface area is 131 Å². The van der Waals surface area contributed by atoms with Crippen LogP contribution in [0.1, 0.15) is 11.5 Å². The van der Waals surface area contributed by atoms with Gasteiger partial charge < -0.3 is 9.32 Å². The molecule has 6 heteroatoms. The van der Waals surface area contributed by atoms with Crippen molar-refractivity contribution >= 4 is 5.69 Å². The summed E-state index contributed by atoms with van der Waals surface area (Å²) in [5, 5.41) is 0. The van der Waals surface area contributed by atoms with Crippen molar-refractivity contribution in [3.05, 3.63) is 65.7 Å². The van der Waals surface area contributed by atoms with Gasteiger partial charge in [-0.05, 0) is 24.3 Å². The van der Waals surface area contributed by atoms with Crippen LogP contribution < -0.4 is 4.90 Å². The van der Waals surface area contributed by atoms with Gasteiger partial charge in [0.2, 0.25) is 5.89 Å². The van der Waals surface area contributed by atoms with Crippen LogP contribution in [-0.4, -0.2) is 16.5 Å². The standard InChI is InChI=1S/C17H13F2N3O/c18-12-5-4-11(9-13(12)19)22-8-6-16-15(10-22)21-17(23-16)14-3-1-2-7-20-14/h1-5,7,9H,6,8,10H2. The van der Waals surface area contributed by atoms with Gasteiger partial charge in [0.15, 0.2) is 11.6 Å². The number of pyridine rings is 1. The van der Waals surface area contributed by atoms with Crippen molar-refractivity contribution in [1.29, 1.82) is 0 Å². The molecule has 1 aliphatic heterocycles. The monoisotopic (exact) mass is 313 g/mol. The first-order chi connectivity index (χ1) is 11.2. The van der Waals surface area contributed by atoms with E-state index in [0.717, 1.165) is 17.5 Å². The van der Waals surface area contributed by atoms with Gasteiger partial charge in [0.1, 0.15) is 17.1 Å². The van der Waals surface area contributed by atoms with Crippen LogP contribution in [-0.2, 0) is 13.0 Å². The summed E-state index contributed by atoms with van der Waals surface area (Å²) in [6.45, 7) is 1.16. The van der Waals surface area contributed by atoms with E-state index in [1.807, 2.05) is 23.1 Å². The second-order valence-electron chi connectivity index (χ2n) is 5.37. The fraction of sp³-hybridized carbons (Fsp3) is 0.176. The molecule has 0 fully saturated rings. The summed E-state index contributed by atoms with van der Waals surface area (Å²) < 4.78 is 32.3. The topological polar surface area (TPSA) is 42.2 Å². The minimum Gasteiger partial charge on any atom is -0.439 e. The summed E-state index contributed by atoms with van der Waals surface area (Å²) >= 11 is 0. The van der Waals surface area contributed by atoms with Gasteiger partial charge in [-0.1, -0.05) is 6.07 Å². The van der Waals surface area contributed by atoms with Crippen molar-refractivity contribution in [3.63, 3.8) is 0 Å². The molecule has 0 N–H and O–H groups in total. The predicted octanol–water partition coefficient (Wildman–Crippen LogP) is 3.58. The molecule has 1 aromatic carbocycles. The second kappa shape index (κ2) is 5.46. The van der Waals surface area contributed by atoms with Gasteiger partial charge >= 0.3 is 0 Å². The third-order valence-corrected chi connectivity index (χ3v) is 3.88. The maximum atomic E-state index is 13.4. The molecule has 3 aromatic rings. The van der Waals surface area contributed by atoms with Gasteiger partial charge in [-0.3, -0.25) is 4.98 Å². The number of benzene rings is 1.